The number of cyclic esters (lactones) is 2. The molecule has 3 aromatic rings. The van der Waals surface area contributed by atoms with Crippen molar-refractivity contribution in [2.45, 2.75) is 19.6 Å². The van der Waals surface area contributed by atoms with Crippen LogP contribution in [0.25, 0.3) is 28.2 Å². The van der Waals surface area contributed by atoms with Gasteiger partial charge in [-0.3, -0.25) is 0 Å². The van der Waals surface area contributed by atoms with Crippen LogP contribution in [0.2, 0.25) is 0 Å². The lowest BCUT2D eigenvalue weighted by Gasteiger charge is -2.29. The highest BCUT2D eigenvalue weighted by molar-refractivity contribution is 6.19. The molecule has 1 fully saturated rings. The van der Waals surface area contributed by atoms with E-state index in [9.17, 15) is 9.59 Å². The van der Waals surface area contributed by atoms with Crippen molar-refractivity contribution in [3.8, 4) is 11.3 Å². The first-order chi connectivity index (χ1) is 12.9. The maximum absolute atomic E-state index is 12.1. The smallest absolute Gasteiger partial charge is 0.348 e. The van der Waals surface area contributed by atoms with Gasteiger partial charge in [0.2, 0.25) is 0 Å². The number of nitrogens with zero attached hydrogens (tertiary/aromatic N) is 1. The fourth-order valence-corrected chi connectivity index (χ4v) is 2.94. The second kappa shape index (κ2) is 6.36. The van der Waals surface area contributed by atoms with E-state index in [2.05, 4.69) is 0 Å². The number of ether oxygens (including phenoxy) is 2. The molecular weight excluding hydrogens is 342 g/mol. The standard InChI is InChI=1S/C22H17NO4/c1-22(2)26-20(24)17(21(25)27-22)12-14-8-9-16-10-11-18(23-19(16)13-14)15-6-4-3-5-7-15/h3-13H,1-2H3. The van der Waals surface area contributed by atoms with Crippen LogP contribution in [0, 0.1) is 0 Å². The van der Waals surface area contributed by atoms with Crippen LogP contribution < -0.4 is 0 Å². The fourth-order valence-electron chi connectivity index (χ4n) is 2.94. The van der Waals surface area contributed by atoms with Crippen LogP contribution >= 0.6 is 0 Å². The Morgan fingerprint density at radius 3 is 2.26 bits per heavy atom. The van der Waals surface area contributed by atoms with E-state index < -0.39 is 17.7 Å². The molecule has 1 aromatic heterocycles. The third-order valence-electron chi connectivity index (χ3n) is 4.21. The van der Waals surface area contributed by atoms with Gasteiger partial charge in [0.05, 0.1) is 11.2 Å². The van der Waals surface area contributed by atoms with Crippen molar-refractivity contribution < 1.29 is 19.1 Å². The summed E-state index contributed by atoms with van der Waals surface area (Å²) in [6.45, 7) is 3.04. The second-order valence-electron chi connectivity index (χ2n) is 6.75. The predicted molar refractivity (Wildman–Crippen MR) is 101 cm³/mol. The molecule has 1 saturated heterocycles. The summed E-state index contributed by atoms with van der Waals surface area (Å²) in [6, 6.07) is 19.4. The maximum Gasteiger partial charge on any atom is 0.348 e. The number of aromatic nitrogens is 1. The quantitative estimate of drug-likeness (QED) is 0.391. The number of carbonyl (C=O) groups is 2. The minimum absolute atomic E-state index is 0.132. The van der Waals surface area contributed by atoms with E-state index in [1.54, 1.807) is 0 Å². The van der Waals surface area contributed by atoms with Gasteiger partial charge in [0.25, 0.3) is 5.79 Å². The Bertz CT molecular complexity index is 1060. The van der Waals surface area contributed by atoms with Gasteiger partial charge in [-0.2, -0.15) is 0 Å². The monoisotopic (exact) mass is 359 g/mol. The molecule has 0 bridgehead atoms. The Kier molecular flexibility index (Phi) is 4.00. The molecule has 4 rings (SSSR count). The lowest BCUT2D eigenvalue weighted by Crippen LogP contribution is -2.41. The summed E-state index contributed by atoms with van der Waals surface area (Å²) in [5.41, 5.74) is 3.18. The van der Waals surface area contributed by atoms with Crippen molar-refractivity contribution in [2.75, 3.05) is 0 Å². The van der Waals surface area contributed by atoms with Gasteiger partial charge in [0.1, 0.15) is 5.57 Å². The Labute approximate surface area is 156 Å². The molecule has 0 amide bonds. The molecule has 27 heavy (non-hydrogen) atoms. The Hall–Kier alpha value is -3.47. The first-order valence-electron chi connectivity index (χ1n) is 8.56. The van der Waals surface area contributed by atoms with E-state index in [-0.39, 0.29) is 5.57 Å². The topological polar surface area (TPSA) is 65.5 Å². The molecule has 0 atom stereocenters. The summed E-state index contributed by atoms with van der Waals surface area (Å²) in [7, 11) is 0. The van der Waals surface area contributed by atoms with Gasteiger partial charge >= 0.3 is 11.9 Å². The third kappa shape index (κ3) is 3.44. The van der Waals surface area contributed by atoms with Crippen LogP contribution in [0.15, 0.2) is 66.2 Å². The Morgan fingerprint density at radius 2 is 1.56 bits per heavy atom. The van der Waals surface area contributed by atoms with Crippen LogP contribution in [0.4, 0.5) is 0 Å². The van der Waals surface area contributed by atoms with E-state index in [1.165, 1.54) is 19.9 Å². The molecule has 0 N–H and O–H groups in total. The largest absolute Gasteiger partial charge is 0.419 e. The van der Waals surface area contributed by atoms with E-state index in [4.69, 9.17) is 14.5 Å². The van der Waals surface area contributed by atoms with Gasteiger partial charge in [0, 0.05) is 24.8 Å². The van der Waals surface area contributed by atoms with Crippen molar-refractivity contribution >= 4 is 28.9 Å². The number of esters is 2. The van der Waals surface area contributed by atoms with Crippen molar-refractivity contribution in [1.82, 2.24) is 4.98 Å². The number of benzene rings is 2. The maximum atomic E-state index is 12.1. The molecule has 0 unspecified atom stereocenters. The van der Waals surface area contributed by atoms with Crippen LogP contribution in [0.3, 0.4) is 0 Å². The molecule has 1 aliphatic rings. The number of fused-ring (bicyclic) bond motifs is 1. The highest BCUT2D eigenvalue weighted by Crippen LogP contribution is 2.26. The van der Waals surface area contributed by atoms with Gasteiger partial charge < -0.3 is 9.47 Å². The molecule has 0 radical (unpaired) electrons. The minimum Gasteiger partial charge on any atom is -0.419 e. The fraction of sp³-hybridized carbons (Fsp3) is 0.136. The summed E-state index contributed by atoms with van der Waals surface area (Å²) in [5.74, 6) is -2.63. The van der Waals surface area contributed by atoms with Crippen molar-refractivity contribution in [2.24, 2.45) is 0 Å². The highest BCUT2D eigenvalue weighted by Gasteiger charge is 2.38. The summed E-state index contributed by atoms with van der Waals surface area (Å²) >= 11 is 0. The van der Waals surface area contributed by atoms with Crippen LogP contribution in [0.1, 0.15) is 19.4 Å². The Balaban J connectivity index is 1.73. The van der Waals surface area contributed by atoms with Gasteiger partial charge in [-0.05, 0) is 23.8 Å². The van der Waals surface area contributed by atoms with Crippen LogP contribution in [-0.2, 0) is 19.1 Å². The van der Waals surface area contributed by atoms with Gasteiger partial charge in [-0.1, -0.05) is 48.5 Å². The lowest BCUT2D eigenvalue weighted by atomic mass is 10.1. The van der Waals surface area contributed by atoms with E-state index in [0.717, 1.165) is 22.2 Å². The number of hydrogen-bond donors (Lipinski definition) is 0. The van der Waals surface area contributed by atoms with Gasteiger partial charge in [0.15, 0.2) is 0 Å². The number of rotatable bonds is 2. The number of hydrogen-bond acceptors (Lipinski definition) is 5. The number of pyridine rings is 1. The third-order valence-corrected chi connectivity index (χ3v) is 4.21. The molecule has 5 heteroatoms. The molecule has 2 aromatic carbocycles. The van der Waals surface area contributed by atoms with E-state index >= 15 is 0 Å². The van der Waals surface area contributed by atoms with Gasteiger partial charge in [-0.15, -0.1) is 0 Å². The van der Waals surface area contributed by atoms with E-state index in [1.807, 2.05) is 60.7 Å². The average Bonchev–Trinajstić information content (AvgIpc) is 2.64. The zero-order chi connectivity index (χ0) is 19.0. The molecule has 0 aliphatic carbocycles. The normalized spacial score (nSPS) is 16.0. The van der Waals surface area contributed by atoms with Crippen molar-refractivity contribution in [3.63, 3.8) is 0 Å². The first kappa shape index (κ1) is 17.0. The molecular formula is C22H17NO4. The molecule has 0 spiro atoms. The minimum atomic E-state index is -1.25. The van der Waals surface area contributed by atoms with Crippen molar-refractivity contribution in [3.05, 3.63) is 71.8 Å². The average molecular weight is 359 g/mol. The summed E-state index contributed by atoms with van der Waals surface area (Å²) in [4.78, 5) is 28.9. The summed E-state index contributed by atoms with van der Waals surface area (Å²) in [6.07, 6.45) is 1.47. The molecule has 134 valence electrons. The lowest BCUT2D eigenvalue weighted by molar-refractivity contribution is -0.222. The SMILES string of the molecule is CC1(C)OC(=O)C(=Cc2ccc3ccc(-c4ccccc4)nc3c2)C(=O)O1. The zero-order valence-corrected chi connectivity index (χ0v) is 14.9. The summed E-state index contributed by atoms with van der Waals surface area (Å²) < 4.78 is 10.3. The predicted octanol–water partition coefficient (Wildman–Crippen LogP) is 4.12. The van der Waals surface area contributed by atoms with Crippen LogP contribution in [0.5, 0.6) is 0 Å². The van der Waals surface area contributed by atoms with Gasteiger partial charge in [-0.25, -0.2) is 14.6 Å². The molecule has 2 heterocycles. The molecule has 1 aliphatic heterocycles. The first-order valence-corrected chi connectivity index (χ1v) is 8.56. The second-order valence-corrected chi connectivity index (χ2v) is 6.75. The zero-order valence-electron chi connectivity index (χ0n) is 14.9. The van der Waals surface area contributed by atoms with Crippen LogP contribution in [-0.4, -0.2) is 22.7 Å². The summed E-state index contributed by atoms with van der Waals surface area (Å²) in [5, 5.41) is 0.965. The van der Waals surface area contributed by atoms with E-state index in [0.29, 0.717) is 5.56 Å². The Morgan fingerprint density at radius 1 is 0.889 bits per heavy atom. The van der Waals surface area contributed by atoms with Crippen molar-refractivity contribution in [1.29, 1.82) is 0 Å². The number of carbonyl (C=O) groups excluding carboxylic acids is 2. The molecule has 0 saturated carbocycles. The highest BCUT2D eigenvalue weighted by atomic mass is 16.7. The molecule has 5 nitrogen and oxygen atoms in total.